The summed E-state index contributed by atoms with van der Waals surface area (Å²) in [5, 5.41) is 0.497. The highest BCUT2D eigenvalue weighted by molar-refractivity contribution is 7.15. The highest BCUT2D eigenvalue weighted by atomic mass is 35.5. The molecule has 5 nitrogen and oxygen atoms in total. The van der Waals surface area contributed by atoms with Gasteiger partial charge in [0.15, 0.2) is 4.96 Å². The first-order valence-electron chi connectivity index (χ1n) is 9.15. The van der Waals surface area contributed by atoms with Crippen LogP contribution in [0.2, 0.25) is 5.02 Å². The number of imidazole rings is 1. The second-order valence-electron chi connectivity index (χ2n) is 6.60. The van der Waals surface area contributed by atoms with Crippen molar-refractivity contribution in [3.05, 3.63) is 92.2 Å². The average molecular weight is 435 g/mol. The van der Waals surface area contributed by atoms with Crippen molar-refractivity contribution in [3.63, 3.8) is 0 Å². The molecule has 0 spiro atoms. The van der Waals surface area contributed by atoms with Gasteiger partial charge in [0, 0.05) is 0 Å². The molecule has 0 aliphatic rings. The zero-order valence-corrected chi connectivity index (χ0v) is 17.4. The lowest BCUT2D eigenvalue weighted by molar-refractivity contribution is 0.413. The van der Waals surface area contributed by atoms with E-state index in [9.17, 15) is 4.79 Å². The third-order valence-electron chi connectivity index (χ3n) is 4.70. The average Bonchev–Trinajstić information content (AvgIpc) is 3.27. The van der Waals surface area contributed by atoms with E-state index < -0.39 is 0 Å². The van der Waals surface area contributed by atoms with Crippen molar-refractivity contribution in [2.75, 3.05) is 7.11 Å². The molecule has 0 atom stereocenters. The molecular weight excluding hydrogens is 420 g/mol. The molecule has 30 heavy (non-hydrogen) atoms. The summed E-state index contributed by atoms with van der Waals surface area (Å²) >= 11 is 7.81. The molecule has 0 saturated heterocycles. The van der Waals surface area contributed by atoms with Gasteiger partial charge >= 0.3 is 0 Å². The molecule has 0 aliphatic heterocycles. The van der Waals surface area contributed by atoms with Crippen LogP contribution in [0.1, 0.15) is 5.56 Å². The van der Waals surface area contributed by atoms with Crippen LogP contribution in [0, 0.1) is 0 Å². The van der Waals surface area contributed by atoms with Crippen molar-refractivity contribution in [1.82, 2.24) is 9.38 Å². The summed E-state index contributed by atoms with van der Waals surface area (Å²) in [6, 6.07) is 20.3. The van der Waals surface area contributed by atoms with Crippen molar-refractivity contribution in [3.8, 4) is 17.2 Å². The maximum Gasteiger partial charge on any atom is 0.274 e. The van der Waals surface area contributed by atoms with Crippen molar-refractivity contribution >= 4 is 45.0 Å². The summed E-state index contributed by atoms with van der Waals surface area (Å²) in [6.07, 6.45) is 1.79. The molecule has 0 fully saturated rings. The standard InChI is InChI=1S/C23H15ClN2O3S/c1-28-15-8-10-16(11-9-15)29-17-7-6-14(18(24)13-17)12-21-22(27)26-20-5-3-2-4-19(20)25-23(26)30-21/h2-13H,1H3. The van der Waals surface area contributed by atoms with Crippen LogP contribution in [0.4, 0.5) is 0 Å². The first-order valence-corrected chi connectivity index (χ1v) is 10.3. The van der Waals surface area contributed by atoms with Crippen LogP contribution in [-0.2, 0) is 0 Å². The largest absolute Gasteiger partial charge is 0.497 e. The second kappa shape index (κ2) is 7.48. The molecule has 0 aliphatic carbocycles. The molecule has 5 rings (SSSR count). The molecule has 0 radical (unpaired) electrons. The molecule has 0 N–H and O–H groups in total. The van der Waals surface area contributed by atoms with E-state index in [1.807, 2.05) is 60.7 Å². The fraction of sp³-hybridized carbons (Fsp3) is 0.0435. The van der Waals surface area contributed by atoms with E-state index in [-0.39, 0.29) is 5.56 Å². The van der Waals surface area contributed by atoms with E-state index in [0.717, 1.165) is 22.3 Å². The van der Waals surface area contributed by atoms with Crippen LogP contribution in [0.5, 0.6) is 17.2 Å². The molecule has 3 aromatic carbocycles. The summed E-state index contributed by atoms with van der Waals surface area (Å²) in [5.41, 5.74) is 2.26. The Hall–Kier alpha value is -3.35. The minimum atomic E-state index is -0.0988. The smallest absolute Gasteiger partial charge is 0.274 e. The topological polar surface area (TPSA) is 52.8 Å². The van der Waals surface area contributed by atoms with E-state index in [1.54, 1.807) is 23.7 Å². The van der Waals surface area contributed by atoms with Gasteiger partial charge in [-0.25, -0.2) is 9.38 Å². The third-order valence-corrected chi connectivity index (χ3v) is 5.99. The van der Waals surface area contributed by atoms with Gasteiger partial charge in [0.1, 0.15) is 17.2 Å². The van der Waals surface area contributed by atoms with Gasteiger partial charge in [-0.1, -0.05) is 35.1 Å². The number of fused-ring (bicyclic) bond motifs is 3. The first kappa shape index (κ1) is 18.7. The van der Waals surface area contributed by atoms with E-state index in [1.165, 1.54) is 11.3 Å². The Morgan fingerprint density at radius 2 is 1.73 bits per heavy atom. The Kier molecular flexibility index (Phi) is 4.65. The van der Waals surface area contributed by atoms with Crippen molar-refractivity contribution in [1.29, 1.82) is 0 Å². The quantitative estimate of drug-likeness (QED) is 0.403. The number of hydrogen-bond acceptors (Lipinski definition) is 5. The van der Waals surface area contributed by atoms with Crippen LogP contribution in [0.15, 0.2) is 71.5 Å². The van der Waals surface area contributed by atoms with E-state index in [0.29, 0.717) is 26.0 Å². The Labute approximate surface area is 180 Å². The summed E-state index contributed by atoms with van der Waals surface area (Å²) < 4.78 is 13.2. The highest BCUT2D eigenvalue weighted by Crippen LogP contribution is 2.28. The molecule has 0 saturated carbocycles. The molecule has 2 aromatic heterocycles. The SMILES string of the molecule is COc1ccc(Oc2ccc(C=c3sc4nc5ccccc5n4c3=O)c(Cl)c2)cc1. The lowest BCUT2D eigenvalue weighted by Gasteiger charge is -2.08. The van der Waals surface area contributed by atoms with Gasteiger partial charge in [-0.3, -0.25) is 4.79 Å². The number of rotatable bonds is 4. The predicted molar refractivity (Wildman–Crippen MR) is 120 cm³/mol. The monoisotopic (exact) mass is 434 g/mol. The van der Waals surface area contributed by atoms with Gasteiger partial charge in [0.25, 0.3) is 5.56 Å². The summed E-state index contributed by atoms with van der Waals surface area (Å²) in [5.74, 6) is 2.04. The molecular formula is C23H15ClN2O3S. The lowest BCUT2D eigenvalue weighted by Crippen LogP contribution is -2.22. The van der Waals surface area contributed by atoms with Crippen LogP contribution >= 0.6 is 22.9 Å². The zero-order valence-electron chi connectivity index (χ0n) is 15.8. The Morgan fingerprint density at radius 3 is 2.50 bits per heavy atom. The van der Waals surface area contributed by atoms with Gasteiger partial charge in [-0.15, -0.1) is 0 Å². The second-order valence-corrected chi connectivity index (χ2v) is 8.01. The Bertz CT molecular complexity index is 1490. The normalized spacial score (nSPS) is 12.0. The highest BCUT2D eigenvalue weighted by Gasteiger charge is 2.11. The number of methoxy groups -OCH3 is 1. The van der Waals surface area contributed by atoms with E-state index >= 15 is 0 Å². The lowest BCUT2D eigenvalue weighted by atomic mass is 10.2. The van der Waals surface area contributed by atoms with Gasteiger partial charge in [0.2, 0.25) is 0 Å². The van der Waals surface area contributed by atoms with Crippen molar-refractivity contribution in [2.24, 2.45) is 0 Å². The Morgan fingerprint density at radius 1 is 1.00 bits per heavy atom. The molecule has 0 bridgehead atoms. The third kappa shape index (κ3) is 3.30. The maximum atomic E-state index is 12.9. The first-order chi connectivity index (χ1) is 14.6. The predicted octanol–water partition coefficient (Wildman–Crippen LogP) is 4.91. The van der Waals surface area contributed by atoms with Crippen LogP contribution in [-0.4, -0.2) is 16.5 Å². The van der Waals surface area contributed by atoms with Gasteiger partial charge in [-0.05, 0) is 66.2 Å². The van der Waals surface area contributed by atoms with Gasteiger partial charge in [-0.2, -0.15) is 0 Å². The number of para-hydroxylation sites is 2. The van der Waals surface area contributed by atoms with E-state index in [4.69, 9.17) is 21.1 Å². The molecule has 0 amide bonds. The Balaban J connectivity index is 1.49. The molecule has 5 aromatic rings. The minimum absolute atomic E-state index is 0.0988. The molecule has 0 unspecified atom stereocenters. The molecule has 7 heteroatoms. The van der Waals surface area contributed by atoms with Crippen LogP contribution in [0.3, 0.4) is 0 Å². The molecule has 2 heterocycles. The minimum Gasteiger partial charge on any atom is -0.497 e. The number of hydrogen-bond donors (Lipinski definition) is 0. The van der Waals surface area contributed by atoms with Gasteiger partial charge in [0.05, 0.1) is 27.7 Å². The fourth-order valence-corrected chi connectivity index (χ4v) is 4.42. The zero-order chi connectivity index (χ0) is 20.7. The molecule has 148 valence electrons. The fourth-order valence-electron chi connectivity index (χ4n) is 3.22. The number of ether oxygens (including phenoxy) is 2. The summed E-state index contributed by atoms with van der Waals surface area (Å²) in [4.78, 5) is 18.1. The summed E-state index contributed by atoms with van der Waals surface area (Å²) in [6.45, 7) is 0. The van der Waals surface area contributed by atoms with Gasteiger partial charge < -0.3 is 9.47 Å². The number of halogens is 1. The maximum absolute atomic E-state index is 12.9. The number of thiazole rings is 1. The van der Waals surface area contributed by atoms with Crippen molar-refractivity contribution < 1.29 is 9.47 Å². The number of aromatic nitrogens is 2. The summed E-state index contributed by atoms with van der Waals surface area (Å²) in [7, 11) is 1.62. The van der Waals surface area contributed by atoms with Crippen LogP contribution in [0.25, 0.3) is 22.1 Å². The number of nitrogens with zero attached hydrogens (tertiary/aromatic N) is 2. The van der Waals surface area contributed by atoms with E-state index in [2.05, 4.69) is 4.98 Å². The van der Waals surface area contributed by atoms with Crippen LogP contribution < -0.4 is 19.6 Å². The number of benzene rings is 3. The van der Waals surface area contributed by atoms with Crippen molar-refractivity contribution in [2.45, 2.75) is 0 Å².